The van der Waals surface area contributed by atoms with Crippen molar-refractivity contribution in [2.75, 3.05) is 0 Å². The molecule has 0 aromatic rings. The Kier molecular flexibility index (Phi) is 5.53. The van der Waals surface area contributed by atoms with E-state index < -0.39 is 12.2 Å². The normalized spacial score (nSPS) is 21.2. The van der Waals surface area contributed by atoms with Crippen LogP contribution in [-0.2, 0) is 9.53 Å². The Morgan fingerprint density at radius 2 is 2.17 bits per heavy atom. The first-order chi connectivity index (χ1) is 5.24. The van der Waals surface area contributed by atoms with Gasteiger partial charge in [0.15, 0.2) is 6.10 Å². The van der Waals surface area contributed by atoms with Gasteiger partial charge in [-0.15, -0.1) is 0 Å². The quantitative estimate of drug-likeness (QED) is 0.631. The molecule has 1 N–H and O–H groups in total. The Morgan fingerprint density at radius 3 is 2.58 bits per heavy atom. The van der Waals surface area contributed by atoms with E-state index in [0.717, 1.165) is 12.8 Å². The van der Waals surface area contributed by atoms with Gasteiger partial charge in [-0.1, -0.05) is 13.3 Å². The third-order valence-electron chi connectivity index (χ3n) is 1.59. The molecule has 1 aliphatic rings. The zero-order valence-corrected chi connectivity index (χ0v) is 6.42. The first-order valence-electron chi connectivity index (χ1n) is 3.75. The second-order valence-electron chi connectivity index (χ2n) is 2.53. The number of amides is 2. The molecular weight excluding hydrogens is 169 g/mol. The fourth-order valence-corrected chi connectivity index (χ4v) is 0.973. The Labute approximate surface area is 93.3 Å². The van der Waals surface area contributed by atoms with Crippen LogP contribution in [0.3, 0.4) is 0 Å². The van der Waals surface area contributed by atoms with Crippen LogP contribution in [0.15, 0.2) is 0 Å². The van der Waals surface area contributed by atoms with Crippen molar-refractivity contribution in [3.63, 3.8) is 0 Å². The summed E-state index contributed by atoms with van der Waals surface area (Å²) in [4.78, 5) is 21.3. The maximum absolute atomic E-state index is 10.8. The van der Waals surface area contributed by atoms with Crippen LogP contribution in [-0.4, -0.2) is 47.7 Å². The van der Waals surface area contributed by atoms with Gasteiger partial charge in [0, 0.05) is 0 Å². The van der Waals surface area contributed by atoms with Crippen molar-refractivity contribution < 1.29 is 14.3 Å². The van der Waals surface area contributed by atoms with Crippen molar-refractivity contribution in [3.05, 3.63) is 0 Å². The molecule has 4 nitrogen and oxygen atoms in total. The first-order valence-corrected chi connectivity index (χ1v) is 3.75. The van der Waals surface area contributed by atoms with Gasteiger partial charge in [-0.3, -0.25) is 10.1 Å². The van der Waals surface area contributed by atoms with E-state index in [1.807, 2.05) is 6.92 Å². The molecule has 0 aliphatic carbocycles. The maximum atomic E-state index is 10.8. The van der Waals surface area contributed by atoms with E-state index in [1.54, 1.807) is 0 Å². The number of cyclic esters (lactones) is 1. The molecule has 2 amide bonds. The molecule has 1 saturated heterocycles. The standard InChI is InChI=1S/C7H11NO3.Na.H/c1-2-3-4-5-6(9)8-7(10)11-5;;/h5H,2-4H2,1H3,(H,8,9,10);;. The summed E-state index contributed by atoms with van der Waals surface area (Å²) in [6, 6.07) is 0. The molecule has 1 fully saturated rings. The van der Waals surface area contributed by atoms with Crippen LogP contribution in [0.1, 0.15) is 26.2 Å². The summed E-state index contributed by atoms with van der Waals surface area (Å²) in [6.07, 6.45) is 1.39. The zero-order chi connectivity index (χ0) is 8.27. The van der Waals surface area contributed by atoms with E-state index in [-0.39, 0.29) is 35.5 Å². The molecule has 5 heteroatoms. The molecule has 0 bridgehead atoms. The number of ether oxygens (including phenoxy) is 1. The Morgan fingerprint density at radius 1 is 1.50 bits per heavy atom. The number of carbonyl (C=O) groups is 2. The van der Waals surface area contributed by atoms with E-state index in [0.29, 0.717) is 6.42 Å². The monoisotopic (exact) mass is 181 g/mol. The molecule has 0 aromatic carbocycles. The molecule has 1 unspecified atom stereocenters. The summed E-state index contributed by atoms with van der Waals surface area (Å²) in [5.41, 5.74) is 0. The van der Waals surface area contributed by atoms with Crippen LogP contribution in [0.4, 0.5) is 4.79 Å². The fourth-order valence-electron chi connectivity index (χ4n) is 0.973. The van der Waals surface area contributed by atoms with Gasteiger partial charge in [-0.25, -0.2) is 4.79 Å². The second kappa shape index (κ2) is 5.56. The number of nitrogens with one attached hydrogen (secondary N) is 1. The Hall–Kier alpha value is -0.0600. The summed E-state index contributed by atoms with van der Waals surface area (Å²) in [7, 11) is 0. The first kappa shape index (κ1) is 11.9. The topological polar surface area (TPSA) is 55.4 Å². The Bertz CT molecular complexity index is 183. The van der Waals surface area contributed by atoms with E-state index in [4.69, 9.17) is 0 Å². The number of imide groups is 1. The van der Waals surface area contributed by atoms with Crippen LogP contribution in [0.2, 0.25) is 0 Å². The van der Waals surface area contributed by atoms with Gasteiger partial charge >= 0.3 is 35.7 Å². The molecule has 0 radical (unpaired) electrons. The Balaban J connectivity index is 0.00000121. The van der Waals surface area contributed by atoms with Crippen molar-refractivity contribution in [1.82, 2.24) is 5.32 Å². The van der Waals surface area contributed by atoms with Gasteiger partial charge in [-0.05, 0) is 12.8 Å². The van der Waals surface area contributed by atoms with E-state index in [2.05, 4.69) is 10.1 Å². The number of unbranched alkanes of at least 4 members (excludes halogenated alkanes) is 1. The van der Waals surface area contributed by atoms with Crippen molar-refractivity contribution >= 4 is 41.6 Å². The molecule has 1 rings (SSSR count). The number of hydrogen-bond donors (Lipinski definition) is 1. The van der Waals surface area contributed by atoms with Crippen molar-refractivity contribution in [1.29, 1.82) is 0 Å². The summed E-state index contributed by atoms with van der Waals surface area (Å²) >= 11 is 0. The molecule has 1 atom stereocenters. The molecular formula is C7H12NNaO3. The van der Waals surface area contributed by atoms with Crippen LogP contribution < -0.4 is 5.32 Å². The van der Waals surface area contributed by atoms with Gasteiger partial charge in [-0.2, -0.15) is 0 Å². The predicted octanol–water partition coefficient (Wildman–Crippen LogP) is 0.163. The predicted molar refractivity (Wildman–Crippen MR) is 45.1 cm³/mol. The van der Waals surface area contributed by atoms with E-state index >= 15 is 0 Å². The van der Waals surface area contributed by atoms with Gasteiger partial charge in [0.05, 0.1) is 0 Å². The van der Waals surface area contributed by atoms with Gasteiger partial charge in [0.1, 0.15) is 0 Å². The minimum absolute atomic E-state index is 0. The number of rotatable bonds is 3. The third-order valence-corrected chi connectivity index (χ3v) is 1.59. The van der Waals surface area contributed by atoms with Gasteiger partial charge in [0.2, 0.25) is 0 Å². The van der Waals surface area contributed by atoms with E-state index in [9.17, 15) is 9.59 Å². The molecule has 12 heavy (non-hydrogen) atoms. The SMILES string of the molecule is CCCCC1OC(=O)NC1=O.[NaH]. The average Bonchev–Trinajstić information content (AvgIpc) is 2.26. The molecule has 0 aromatic heterocycles. The van der Waals surface area contributed by atoms with Crippen molar-refractivity contribution in [2.24, 2.45) is 0 Å². The number of hydrogen-bond acceptors (Lipinski definition) is 3. The van der Waals surface area contributed by atoms with E-state index in [1.165, 1.54) is 0 Å². The van der Waals surface area contributed by atoms with Crippen molar-refractivity contribution in [2.45, 2.75) is 32.3 Å². The van der Waals surface area contributed by atoms with Crippen LogP contribution in [0.5, 0.6) is 0 Å². The zero-order valence-electron chi connectivity index (χ0n) is 6.42. The minimum atomic E-state index is -0.615. The summed E-state index contributed by atoms with van der Waals surface area (Å²) in [6.45, 7) is 2.02. The number of carbonyl (C=O) groups excluding carboxylic acids is 2. The van der Waals surface area contributed by atoms with Crippen LogP contribution in [0.25, 0.3) is 0 Å². The molecule has 0 spiro atoms. The molecule has 1 heterocycles. The summed E-state index contributed by atoms with van der Waals surface area (Å²) in [5, 5.41) is 2.08. The average molecular weight is 181 g/mol. The number of alkyl carbamates (subject to hydrolysis) is 1. The molecule has 1 aliphatic heterocycles. The van der Waals surface area contributed by atoms with Crippen LogP contribution >= 0.6 is 0 Å². The molecule has 0 saturated carbocycles. The second-order valence-corrected chi connectivity index (χ2v) is 2.53. The van der Waals surface area contributed by atoms with Gasteiger partial charge < -0.3 is 4.74 Å². The van der Waals surface area contributed by atoms with Crippen LogP contribution in [0, 0.1) is 0 Å². The summed E-state index contributed by atoms with van der Waals surface area (Å²) < 4.78 is 4.68. The summed E-state index contributed by atoms with van der Waals surface area (Å²) in [5.74, 6) is -0.302. The van der Waals surface area contributed by atoms with Gasteiger partial charge in [0.25, 0.3) is 5.91 Å². The molecule has 64 valence electrons. The third kappa shape index (κ3) is 3.13. The fraction of sp³-hybridized carbons (Fsp3) is 0.714. The van der Waals surface area contributed by atoms with Crippen molar-refractivity contribution in [3.8, 4) is 0 Å².